The molecule has 1 fully saturated rings. The summed E-state index contributed by atoms with van der Waals surface area (Å²) < 4.78 is 5.15. The Bertz CT molecular complexity index is 843. The van der Waals surface area contributed by atoms with Crippen molar-refractivity contribution in [3.05, 3.63) is 65.2 Å². The van der Waals surface area contributed by atoms with Crippen LogP contribution in [0.15, 0.2) is 48.5 Å². The molecule has 29 heavy (non-hydrogen) atoms. The zero-order valence-electron chi connectivity index (χ0n) is 17.8. The first-order chi connectivity index (χ1) is 13.8. The Balaban J connectivity index is 1.54. The third-order valence-corrected chi connectivity index (χ3v) is 5.43. The number of carbonyl (C=O) groups excluding carboxylic acids is 2. The van der Waals surface area contributed by atoms with Crippen LogP contribution in [0.5, 0.6) is 5.75 Å². The van der Waals surface area contributed by atoms with Gasteiger partial charge in [-0.3, -0.25) is 9.59 Å². The fourth-order valence-corrected chi connectivity index (χ4v) is 3.48. The van der Waals surface area contributed by atoms with Crippen LogP contribution >= 0.6 is 0 Å². The monoisotopic (exact) mass is 394 g/mol. The number of amides is 2. The predicted octanol–water partition coefficient (Wildman–Crippen LogP) is 3.52. The first kappa shape index (κ1) is 20.9. The topological polar surface area (TPSA) is 49.9 Å². The van der Waals surface area contributed by atoms with Crippen LogP contribution in [0.25, 0.3) is 0 Å². The Hall–Kier alpha value is -2.82. The number of hydrogen-bond acceptors (Lipinski definition) is 3. The molecule has 0 N–H and O–H groups in total. The Labute approximate surface area is 173 Å². The highest BCUT2D eigenvalue weighted by atomic mass is 16.5. The molecule has 1 aliphatic rings. The standard InChI is InChI=1S/C24H30N2O3/c1-24(2,3)20-9-7-19(8-10-20)23(28)26-15-13-25(14-16-26)22(27)17-18-5-11-21(29-4)12-6-18/h5-12H,13-17H2,1-4H3. The maximum absolute atomic E-state index is 12.8. The molecule has 1 saturated heterocycles. The number of carbonyl (C=O) groups is 2. The van der Waals surface area contributed by atoms with Gasteiger partial charge in [-0.15, -0.1) is 0 Å². The summed E-state index contributed by atoms with van der Waals surface area (Å²) in [6.07, 6.45) is 0.367. The fraction of sp³-hybridized carbons (Fsp3) is 0.417. The van der Waals surface area contributed by atoms with Crippen LogP contribution in [-0.2, 0) is 16.6 Å². The third-order valence-electron chi connectivity index (χ3n) is 5.43. The normalized spacial score (nSPS) is 14.6. The summed E-state index contributed by atoms with van der Waals surface area (Å²) in [6.45, 7) is 8.74. The van der Waals surface area contributed by atoms with E-state index in [-0.39, 0.29) is 17.2 Å². The van der Waals surface area contributed by atoms with Crippen molar-refractivity contribution >= 4 is 11.8 Å². The molecule has 3 rings (SSSR count). The largest absolute Gasteiger partial charge is 0.497 e. The molecule has 0 saturated carbocycles. The average Bonchev–Trinajstić information content (AvgIpc) is 2.73. The molecule has 2 aromatic carbocycles. The van der Waals surface area contributed by atoms with E-state index in [1.165, 1.54) is 5.56 Å². The quantitative estimate of drug-likeness (QED) is 0.797. The first-order valence-electron chi connectivity index (χ1n) is 10.1. The first-order valence-corrected chi connectivity index (χ1v) is 10.1. The molecule has 0 aliphatic carbocycles. The molecule has 0 aromatic heterocycles. The Morgan fingerprint density at radius 1 is 0.862 bits per heavy atom. The van der Waals surface area contributed by atoms with Crippen molar-refractivity contribution in [2.24, 2.45) is 0 Å². The number of rotatable bonds is 4. The zero-order chi connectivity index (χ0) is 21.0. The molecule has 2 amide bonds. The van der Waals surface area contributed by atoms with Crippen molar-refractivity contribution in [3.63, 3.8) is 0 Å². The van der Waals surface area contributed by atoms with E-state index in [0.717, 1.165) is 11.3 Å². The van der Waals surface area contributed by atoms with Crippen molar-refractivity contribution in [2.75, 3.05) is 33.3 Å². The van der Waals surface area contributed by atoms with Crippen LogP contribution < -0.4 is 4.74 Å². The molecule has 0 atom stereocenters. The second kappa shape index (κ2) is 8.68. The molecule has 5 heteroatoms. The van der Waals surface area contributed by atoms with Gasteiger partial charge < -0.3 is 14.5 Å². The van der Waals surface area contributed by atoms with Gasteiger partial charge in [-0.05, 0) is 40.8 Å². The van der Waals surface area contributed by atoms with Gasteiger partial charge in [-0.2, -0.15) is 0 Å². The molecule has 1 aliphatic heterocycles. The SMILES string of the molecule is COc1ccc(CC(=O)N2CCN(C(=O)c3ccc(C(C)(C)C)cc3)CC2)cc1. The minimum absolute atomic E-state index is 0.0349. The predicted molar refractivity (Wildman–Crippen MR) is 114 cm³/mol. The number of hydrogen-bond donors (Lipinski definition) is 0. The molecule has 1 heterocycles. The number of piperazine rings is 1. The zero-order valence-corrected chi connectivity index (χ0v) is 17.8. The van der Waals surface area contributed by atoms with Crippen molar-refractivity contribution in [1.82, 2.24) is 9.80 Å². The van der Waals surface area contributed by atoms with Crippen LogP contribution in [0.2, 0.25) is 0 Å². The highest BCUT2D eigenvalue weighted by molar-refractivity contribution is 5.94. The van der Waals surface area contributed by atoms with Crippen LogP contribution in [0, 0.1) is 0 Å². The lowest BCUT2D eigenvalue weighted by Crippen LogP contribution is -2.51. The van der Waals surface area contributed by atoms with Gasteiger partial charge in [0.05, 0.1) is 13.5 Å². The fourth-order valence-electron chi connectivity index (χ4n) is 3.48. The summed E-state index contributed by atoms with van der Waals surface area (Å²) in [7, 11) is 1.62. The lowest BCUT2D eigenvalue weighted by atomic mass is 9.86. The number of ether oxygens (including phenoxy) is 1. The Morgan fingerprint density at radius 2 is 1.41 bits per heavy atom. The Kier molecular flexibility index (Phi) is 6.26. The van der Waals surface area contributed by atoms with Crippen LogP contribution in [0.3, 0.4) is 0 Å². The number of benzene rings is 2. The van der Waals surface area contributed by atoms with Crippen LogP contribution in [0.4, 0.5) is 0 Å². The van der Waals surface area contributed by atoms with Gasteiger partial charge in [0.1, 0.15) is 5.75 Å². The van der Waals surface area contributed by atoms with E-state index in [1.54, 1.807) is 7.11 Å². The van der Waals surface area contributed by atoms with Crippen molar-refractivity contribution in [2.45, 2.75) is 32.6 Å². The second-order valence-electron chi connectivity index (χ2n) is 8.53. The van der Waals surface area contributed by atoms with E-state index >= 15 is 0 Å². The van der Waals surface area contributed by atoms with Crippen LogP contribution in [0.1, 0.15) is 42.3 Å². The summed E-state index contributed by atoms with van der Waals surface area (Å²) in [5, 5.41) is 0. The molecule has 0 bridgehead atoms. The molecule has 0 spiro atoms. The molecule has 0 unspecified atom stereocenters. The molecular formula is C24H30N2O3. The lowest BCUT2D eigenvalue weighted by Gasteiger charge is -2.35. The molecule has 2 aromatic rings. The highest BCUT2D eigenvalue weighted by Crippen LogP contribution is 2.22. The summed E-state index contributed by atoms with van der Waals surface area (Å²) in [6, 6.07) is 15.4. The molecule has 154 valence electrons. The van der Waals surface area contributed by atoms with Crippen molar-refractivity contribution in [1.29, 1.82) is 0 Å². The maximum atomic E-state index is 12.8. The number of nitrogens with zero attached hydrogens (tertiary/aromatic N) is 2. The van der Waals surface area contributed by atoms with Crippen molar-refractivity contribution < 1.29 is 14.3 Å². The molecular weight excluding hydrogens is 364 g/mol. The summed E-state index contributed by atoms with van der Waals surface area (Å²) >= 11 is 0. The van der Waals surface area contributed by atoms with E-state index in [4.69, 9.17) is 4.74 Å². The minimum atomic E-state index is 0.0349. The van der Waals surface area contributed by atoms with E-state index in [9.17, 15) is 9.59 Å². The van der Waals surface area contributed by atoms with Gasteiger partial charge in [-0.25, -0.2) is 0 Å². The number of methoxy groups -OCH3 is 1. The maximum Gasteiger partial charge on any atom is 0.253 e. The summed E-state index contributed by atoms with van der Waals surface area (Å²) in [5.41, 5.74) is 2.95. The highest BCUT2D eigenvalue weighted by Gasteiger charge is 2.25. The average molecular weight is 395 g/mol. The lowest BCUT2D eigenvalue weighted by molar-refractivity contribution is -0.131. The molecule has 0 radical (unpaired) electrons. The van der Waals surface area contributed by atoms with Crippen LogP contribution in [-0.4, -0.2) is 54.9 Å². The van der Waals surface area contributed by atoms with Gasteiger partial charge in [0.25, 0.3) is 5.91 Å². The van der Waals surface area contributed by atoms with Gasteiger partial charge in [0.2, 0.25) is 5.91 Å². The van der Waals surface area contributed by atoms with Crippen molar-refractivity contribution in [3.8, 4) is 5.75 Å². The van der Waals surface area contributed by atoms with E-state index in [1.807, 2.05) is 58.3 Å². The summed E-state index contributed by atoms with van der Waals surface area (Å²) in [5.74, 6) is 0.911. The smallest absolute Gasteiger partial charge is 0.253 e. The third kappa shape index (κ3) is 5.17. The Morgan fingerprint density at radius 3 is 1.93 bits per heavy atom. The summed E-state index contributed by atoms with van der Waals surface area (Å²) in [4.78, 5) is 29.1. The molecule has 5 nitrogen and oxygen atoms in total. The van der Waals surface area contributed by atoms with E-state index in [0.29, 0.717) is 38.2 Å². The minimum Gasteiger partial charge on any atom is -0.497 e. The van der Waals surface area contributed by atoms with Gasteiger partial charge in [0, 0.05) is 31.7 Å². The van der Waals surface area contributed by atoms with E-state index < -0.39 is 0 Å². The van der Waals surface area contributed by atoms with Gasteiger partial charge >= 0.3 is 0 Å². The van der Waals surface area contributed by atoms with Gasteiger partial charge in [0.15, 0.2) is 0 Å². The second-order valence-corrected chi connectivity index (χ2v) is 8.53. The van der Waals surface area contributed by atoms with Gasteiger partial charge in [-0.1, -0.05) is 45.0 Å². The van der Waals surface area contributed by atoms with E-state index in [2.05, 4.69) is 20.8 Å².